The van der Waals surface area contributed by atoms with E-state index >= 15 is 0 Å². The summed E-state index contributed by atoms with van der Waals surface area (Å²) in [5.74, 6) is 0.838. The number of nitrogens with one attached hydrogen (secondary N) is 1. The summed E-state index contributed by atoms with van der Waals surface area (Å²) in [6.45, 7) is 2.24. The van der Waals surface area contributed by atoms with Crippen molar-refractivity contribution >= 4 is 33.1 Å². The van der Waals surface area contributed by atoms with E-state index in [0.29, 0.717) is 34.2 Å². The summed E-state index contributed by atoms with van der Waals surface area (Å²) in [6.07, 6.45) is 5.55. The average Bonchev–Trinajstić information content (AvgIpc) is 3.29. The van der Waals surface area contributed by atoms with Crippen LogP contribution in [0.25, 0.3) is 21.2 Å². The number of fused-ring (bicyclic) bond motifs is 1. The lowest BCUT2D eigenvalue weighted by Gasteiger charge is -2.37. The van der Waals surface area contributed by atoms with E-state index in [1.165, 1.54) is 17.4 Å². The van der Waals surface area contributed by atoms with Crippen LogP contribution in [0.5, 0.6) is 5.75 Å². The molecule has 0 unspecified atom stereocenters. The molecule has 0 saturated heterocycles. The summed E-state index contributed by atoms with van der Waals surface area (Å²) in [4.78, 5) is 21.0. The number of benzene rings is 2. The Morgan fingerprint density at radius 2 is 1.92 bits per heavy atom. The number of carbonyl (C=O) groups excluding carboxylic acids is 1. The van der Waals surface area contributed by atoms with Crippen molar-refractivity contribution in [3.63, 3.8) is 0 Å². The van der Waals surface area contributed by atoms with Crippen molar-refractivity contribution in [3.8, 4) is 16.9 Å². The van der Waals surface area contributed by atoms with Gasteiger partial charge in [0.05, 0.1) is 12.0 Å². The van der Waals surface area contributed by atoms with Crippen molar-refractivity contribution in [1.82, 2.24) is 15.2 Å². The zero-order chi connectivity index (χ0) is 26.8. The van der Waals surface area contributed by atoms with Gasteiger partial charge in [-0.1, -0.05) is 12.1 Å². The number of aryl methyl sites for hydroxylation is 1. The van der Waals surface area contributed by atoms with Crippen LogP contribution in [0.2, 0.25) is 0 Å². The summed E-state index contributed by atoms with van der Waals surface area (Å²) in [6, 6.07) is 15.2. The molecule has 1 saturated carbocycles. The van der Waals surface area contributed by atoms with E-state index in [0.717, 1.165) is 52.8 Å². The van der Waals surface area contributed by atoms with E-state index in [4.69, 9.17) is 10.5 Å². The van der Waals surface area contributed by atoms with Crippen LogP contribution in [0.3, 0.4) is 0 Å². The van der Waals surface area contributed by atoms with Gasteiger partial charge in [-0.15, -0.1) is 11.3 Å². The Kier molecular flexibility index (Phi) is 7.63. The molecule has 2 aromatic heterocycles. The normalized spacial score (nSPS) is 17.5. The molecule has 1 aliphatic rings. The molecule has 0 bridgehead atoms. The molecule has 6 nitrogen and oxygen atoms in total. The first-order valence-corrected chi connectivity index (χ1v) is 13.8. The lowest BCUT2D eigenvalue weighted by molar-refractivity contribution is 0.0604. The highest BCUT2D eigenvalue weighted by Crippen LogP contribution is 2.36. The fourth-order valence-corrected chi connectivity index (χ4v) is 6.65. The second kappa shape index (κ2) is 11.1. The highest BCUT2D eigenvalue weighted by atomic mass is 32.1. The van der Waals surface area contributed by atoms with Gasteiger partial charge in [0, 0.05) is 46.0 Å². The van der Waals surface area contributed by atoms with Gasteiger partial charge in [-0.2, -0.15) is 0 Å². The third-order valence-corrected chi connectivity index (χ3v) is 8.89. The van der Waals surface area contributed by atoms with Gasteiger partial charge in [0.15, 0.2) is 0 Å². The second-order valence-corrected chi connectivity index (χ2v) is 10.9. The van der Waals surface area contributed by atoms with Crippen molar-refractivity contribution in [2.24, 2.45) is 0 Å². The van der Waals surface area contributed by atoms with E-state index < -0.39 is 0 Å². The quantitative estimate of drug-likeness (QED) is 0.297. The molecule has 0 atom stereocenters. The number of nitrogens with two attached hydrogens (primary N) is 1. The molecule has 3 N–H and O–H groups in total. The largest absolute Gasteiger partial charge is 0.496 e. The minimum Gasteiger partial charge on any atom is -0.496 e. The minimum absolute atomic E-state index is 0.0578. The molecule has 2 heterocycles. The molecule has 5 rings (SSSR count). The number of nitrogens with zero attached hydrogens (tertiary/aromatic N) is 2. The van der Waals surface area contributed by atoms with Crippen LogP contribution in [0.1, 0.15) is 46.5 Å². The molecule has 1 amide bonds. The third kappa shape index (κ3) is 5.11. The van der Waals surface area contributed by atoms with E-state index in [1.807, 2.05) is 43.1 Å². The van der Waals surface area contributed by atoms with Crippen molar-refractivity contribution < 1.29 is 13.9 Å². The predicted molar refractivity (Wildman–Crippen MR) is 152 cm³/mol. The molecule has 0 aliphatic heterocycles. The van der Waals surface area contributed by atoms with Crippen LogP contribution in [-0.4, -0.2) is 42.0 Å². The fourth-order valence-electron chi connectivity index (χ4n) is 5.47. The van der Waals surface area contributed by atoms with Gasteiger partial charge < -0.3 is 20.7 Å². The number of pyridine rings is 1. The monoisotopic (exact) mass is 532 g/mol. The zero-order valence-corrected chi connectivity index (χ0v) is 22.8. The number of thiophene rings is 1. The number of methoxy groups -OCH3 is 1. The summed E-state index contributed by atoms with van der Waals surface area (Å²) >= 11 is 1.37. The number of carbonyl (C=O) groups is 1. The Morgan fingerprint density at radius 1 is 1.16 bits per heavy atom. The molecule has 198 valence electrons. The summed E-state index contributed by atoms with van der Waals surface area (Å²) in [7, 11) is 3.64. The lowest BCUT2D eigenvalue weighted by atomic mass is 9.89. The van der Waals surface area contributed by atoms with Crippen LogP contribution in [0.15, 0.2) is 54.7 Å². The standard InChI is InChI=1S/C30H33FN4O2S/c1-18-28-24(31)5-4-6-26(28)38-29(18)30(36)35(23-11-9-22(33-2)10-12-23)17-21-15-19(7-13-25(21)37-3)20-8-14-27(32)34-16-20/h4-8,13-16,22-23,33H,9-12,17H2,1-3H3,(H2,32,34)/t22-,23+. The van der Waals surface area contributed by atoms with E-state index in [9.17, 15) is 9.18 Å². The van der Waals surface area contributed by atoms with Crippen molar-refractivity contribution in [2.45, 2.75) is 51.2 Å². The van der Waals surface area contributed by atoms with Crippen molar-refractivity contribution in [2.75, 3.05) is 19.9 Å². The molecular weight excluding hydrogens is 499 g/mol. The highest BCUT2D eigenvalue weighted by Gasteiger charge is 2.32. The lowest BCUT2D eigenvalue weighted by Crippen LogP contribution is -2.44. The van der Waals surface area contributed by atoms with Gasteiger partial charge in [-0.05, 0) is 87.2 Å². The zero-order valence-electron chi connectivity index (χ0n) is 22.0. The maximum Gasteiger partial charge on any atom is 0.264 e. The molecule has 8 heteroatoms. The number of halogens is 1. The first-order chi connectivity index (χ1) is 18.4. The van der Waals surface area contributed by atoms with Crippen LogP contribution < -0.4 is 15.8 Å². The number of ether oxygens (including phenoxy) is 1. The van der Waals surface area contributed by atoms with Crippen LogP contribution in [0.4, 0.5) is 10.2 Å². The maximum atomic E-state index is 14.7. The number of hydrogen-bond donors (Lipinski definition) is 2. The molecule has 2 aromatic carbocycles. The predicted octanol–water partition coefficient (Wildman–Crippen LogP) is 6.17. The first kappa shape index (κ1) is 26.1. The van der Waals surface area contributed by atoms with E-state index in [2.05, 4.69) is 16.4 Å². The first-order valence-electron chi connectivity index (χ1n) is 12.9. The molecule has 0 radical (unpaired) electrons. The number of rotatable bonds is 7. The Hall–Kier alpha value is -3.49. The Balaban J connectivity index is 1.54. The molecule has 0 spiro atoms. The van der Waals surface area contributed by atoms with Crippen LogP contribution in [0, 0.1) is 12.7 Å². The summed E-state index contributed by atoms with van der Waals surface area (Å²) in [5, 5.41) is 3.91. The molecule has 1 aliphatic carbocycles. The van der Waals surface area contributed by atoms with Gasteiger partial charge in [0.2, 0.25) is 0 Å². The Morgan fingerprint density at radius 3 is 2.58 bits per heavy atom. The van der Waals surface area contributed by atoms with Crippen molar-refractivity contribution in [3.05, 3.63) is 76.5 Å². The van der Waals surface area contributed by atoms with Crippen molar-refractivity contribution in [1.29, 1.82) is 0 Å². The van der Waals surface area contributed by atoms with Gasteiger partial charge >= 0.3 is 0 Å². The summed E-state index contributed by atoms with van der Waals surface area (Å²) in [5.41, 5.74) is 9.31. The smallest absolute Gasteiger partial charge is 0.264 e. The molecule has 1 fully saturated rings. The molecular formula is C30H33FN4O2S. The maximum absolute atomic E-state index is 14.7. The second-order valence-electron chi connectivity index (χ2n) is 9.89. The minimum atomic E-state index is -0.289. The van der Waals surface area contributed by atoms with Crippen LogP contribution in [-0.2, 0) is 6.54 Å². The Bertz CT molecular complexity index is 1440. The number of aromatic nitrogens is 1. The summed E-state index contributed by atoms with van der Waals surface area (Å²) < 4.78 is 21.2. The number of nitrogen functional groups attached to an aromatic ring is 1. The van der Waals surface area contributed by atoms with Crippen LogP contribution >= 0.6 is 11.3 Å². The molecule has 38 heavy (non-hydrogen) atoms. The van der Waals surface area contributed by atoms with E-state index in [-0.39, 0.29) is 17.8 Å². The fraction of sp³-hybridized carbons (Fsp3) is 0.333. The highest BCUT2D eigenvalue weighted by molar-refractivity contribution is 7.21. The number of anilines is 1. The van der Waals surface area contributed by atoms with E-state index in [1.54, 1.807) is 25.4 Å². The SMILES string of the molecule is CN[C@H]1CC[C@@H](N(Cc2cc(-c3ccc(N)nc3)ccc2OC)C(=O)c2sc3cccc(F)c3c2C)CC1. The average molecular weight is 533 g/mol. The third-order valence-electron chi connectivity index (χ3n) is 7.64. The number of amides is 1. The molecule has 4 aromatic rings. The van der Waals surface area contributed by atoms with Gasteiger partial charge in [-0.3, -0.25) is 4.79 Å². The van der Waals surface area contributed by atoms with Gasteiger partial charge in [0.25, 0.3) is 5.91 Å². The van der Waals surface area contributed by atoms with Gasteiger partial charge in [0.1, 0.15) is 17.4 Å². The Labute approximate surface area is 226 Å². The number of hydrogen-bond acceptors (Lipinski definition) is 6. The topological polar surface area (TPSA) is 80.5 Å². The van der Waals surface area contributed by atoms with Gasteiger partial charge in [-0.25, -0.2) is 9.37 Å².